The summed E-state index contributed by atoms with van der Waals surface area (Å²) in [5.74, 6) is 1.04. The molecule has 57 heavy (non-hydrogen) atoms. The molecule has 0 amide bonds. The number of rotatable bonds is 48. The molecule has 0 aromatic carbocycles. The van der Waals surface area contributed by atoms with Gasteiger partial charge < -0.3 is 0 Å². The topological polar surface area (TPSA) is 25.8 Å². The summed E-state index contributed by atoms with van der Waals surface area (Å²) in [6.07, 6.45) is 67.5. The molecule has 0 N–H and O–H groups in total. The predicted molar refractivity (Wildman–Crippen MR) is 258 cm³/mol. The van der Waals surface area contributed by atoms with E-state index in [2.05, 4.69) is 26.8 Å². The molecule has 0 aliphatic heterocycles. The van der Waals surface area contributed by atoms with Crippen molar-refractivity contribution < 1.29 is 0 Å². The molecule has 0 spiro atoms. The lowest BCUT2D eigenvalue weighted by atomic mass is 10.0. The lowest BCUT2D eigenvalue weighted by Crippen LogP contribution is -2.04. The highest BCUT2D eigenvalue weighted by atomic mass is 14.9. The summed E-state index contributed by atoms with van der Waals surface area (Å²) >= 11 is 0. The fourth-order valence-corrected chi connectivity index (χ4v) is 8.97. The molecule has 0 atom stereocenters. The number of unbranched alkanes of at least 4 members (excludes halogenated alkanes) is 42. The zero-order chi connectivity index (χ0) is 40.8. The van der Waals surface area contributed by atoms with E-state index in [1.54, 1.807) is 0 Å². The van der Waals surface area contributed by atoms with Crippen LogP contribution in [0.2, 0.25) is 0 Å². The molecule has 2 nitrogen and oxygen atoms in total. The van der Waals surface area contributed by atoms with E-state index in [0.29, 0.717) is 0 Å². The monoisotopic (exact) mass is 794 g/mol. The molecule has 1 heterocycles. The van der Waals surface area contributed by atoms with Crippen LogP contribution in [0.3, 0.4) is 0 Å². The Bertz CT molecular complexity index is 828. The van der Waals surface area contributed by atoms with Crippen molar-refractivity contribution in [2.45, 2.75) is 322 Å². The van der Waals surface area contributed by atoms with Crippen LogP contribution in [0.1, 0.15) is 320 Å². The van der Waals surface area contributed by atoms with Crippen molar-refractivity contribution in [1.29, 1.82) is 0 Å². The quantitative estimate of drug-likeness (QED) is 0.0614. The first-order valence-electron chi connectivity index (χ1n) is 26.9. The molecule has 0 saturated heterocycles. The van der Waals surface area contributed by atoms with Gasteiger partial charge in [0, 0.05) is 17.8 Å². The first-order valence-corrected chi connectivity index (χ1v) is 26.9. The Kier molecular flexibility index (Phi) is 43.8. The first-order chi connectivity index (χ1) is 28.3. The third-order valence-corrected chi connectivity index (χ3v) is 12.9. The Morgan fingerprint density at radius 1 is 0.281 bits per heavy atom. The summed E-state index contributed by atoms with van der Waals surface area (Å²) in [5, 5.41) is 0. The van der Waals surface area contributed by atoms with Crippen molar-refractivity contribution in [3.63, 3.8) is 0 Å². The molecule has 1 aromatic heterocycles. The van der Waals surface area contributed by atoms with Crippen molar-refractivity contribution in [3.8, 4) is 0 Å². The third kappa shape index (κ3) is 40.3. The second-order valence-corrected chi connectivity index (χ2v) is 18.7. The van der Waals surface area contributed by atoms with Gasteiger partial charge in [-0.15, -0.1) is 0 Å². The first kappa shape index (κ1) is 54.1. The Balaban J connectivity index is 1.92. The molecule has 0 fully saturated rings. The maximum Gasteiger partial charge on any atom is 0.128 e. The van der Waals surface area contributed by atoms with Crippen LogP contribution >= 0.6 is 0 Å². The van der Waals surface area contributed by atoms with E-state index >= 15 is 0 Å². The summed E-state index contributed by atoms with van der Waals surface area (Å²) in [6, 6.07) is 2.33. The van der Waals surface area contributed by atoms with Crippen molar-refractivity contribution in [3.05, 3.63) is 30.2 Å². The van der Waals surface area contributed by atoms with Crippen LogP contribution in [0.15, 0.2) is 6.07 Å². The van der Waals surface area contributed by atoms with E-state index in [1.165, 1.54) is 294 Å². The van der Waals surface area contributed by atoms with E-state index in [9.17, 15) is 0 Å². The third-order valence-electron chi connectivity index (χ3n) is 12.9. The summed E-state index contributed by atoms with van der Waals surface area (Å²) < 4.78 is 0. The van der Waals surface area contributed by atoms with Crippen molar-refractivity contribution in [2.75, 3.05) is 0 Å². The largest absolute Gasteiger partial charge is 0.238 e. The van der Waals surface area contributed by atoms with Crippen LogP contribution in [-0.4, -0.2) is 9.97 Å². The number of hydrogen-bond acceptors (Lipinski definition) is 2. The Hall–Kier alpha value is -0.920. The van der Waals surface area contributed by atoms with E-state index in [4.69, 9.17) is 9.97 Å². The smallest absolute Gasteiger partial charge is 0.128 e. The standard InChI is InChI=1S/C55H105N2/c1-4-7-9-11-13-15-17-19-21-23-25-27-29-31-33-35-37-39-41-43-45-47-50-53-52-54(57-55(56-53)49-6-3)51-48-46-44-42-40-38-36-34-32-30-28-26-24-22-20-18-16-14-12-10-8-5-2/h52H,3-51H2,1-2H3. The molecule has 0 aliphatic carbocycles. The van der Waals surface area contributed by atoms with Crippen LogP contribution in [-0.2, 0) is 19.3 Å². The van der Waals surface area contributed by atoms with Gasteiger partial charge in [0.2, 0.25) is 0 Å². The summed E-state index contributed by atoms with van der Waals surface area (Å²) in [6.45, 7) is 8.70. The summed E-state index contributed by atoms with van der Waals surface area (Å²) in [7, 11) is 0. The van der Waals surface area contributed by atoms with Gasteiger partial charge in [0.15, 0.2) is 0 Å². The molecular formula is C55H105N2. The molecule has 335 valence electrons. The van der Waals surface area contributed by atoms with Gasteiger partial charge in [0.1, 0.15) is 5.82 Å². The molecule has 1 aromatic rings. The zero-order valence-electron chi connectivity index (χ0n) is 39.6. The second-order valence-electron chi connectivity index (χ2n) is 18.7. The number of aromatic nitrogens is 2. The van der Waals surface area contributed by atoms with Gasteiger partial charge >= 0.3 is 0 Å². The van der Waals surface area contributed by atoms with Crippen LogP contribution in [0.5, 0.6) is 0 Å². The molecule has 0 unspecified atom stereocenters. The van der Waals surface area contributed by atoms with Crippen LogP contribution in [0.4, 0.5) is 0 Å². The number of aryl methyl sites for hydroxylation is 3. The highest BCUT2D eigenvalue weighted by molar-refractivity contribution is 5.12. The molecule has 0 saturated carbocycles. The average Bonchev–Trinajstić information content (AvgIpc) is 3.21. The predicted octanol–water partition coefficient (Wildman–Crippen LogP) is 19.5. The SMILES string of the molecule is [CH2]CCc1nc(CCCCCCCCCCCCCCCCCCCCCCCC)cc(CCCCCCCCCCCCCCCCCCCCCCCC)n1. The second kappa shape index (κ2) is 46.2. The Labute approximate surface area is 360 Å². The van der Waals surface area contributed by atoms with Crippen LogP contribution in [0.25, 0.3) is 0 Å². The summed E-state index contributed by atoms with van der Waals surface area (Å²) in [5.41, 5.74) is 2.57. The number of nitrogens with zero attached hydrogens (tertiary/aromatic N) is 2. The van der Waals surface area contributed by atoms with Gasteiger partial charge in [-0.3, -0.25) is 0 Å². The van der Waals surface area contributed by atoms with Gasteiger partial charge in [-0.05, 0) is 38.2 Å². The lowest BCUT2D eigenvalue weighted by molar-refractivity contribution is 0.518. The molecule has 0 bridgehead atoms. The minimum atomic E-state index is 0.891. The zero-order valence-corrected chi connectivity index (χ0v) is 39.6. The molecular weight excluding hydrogens is 689 g/mol. The van der Waals surface area contributed by atoms with Gasteiger partial charge in [-0.2, -0.15) is 0 Å². The van der Waals surface area contributed by atoms with Crippen LogP contribution in [0, 0.1) is 6.92 Å². The Morgan fingerprint density at radius 2 is 0.474 bits per heavy atom. The normalized spacial score (nSPS) is 11.6. The van der Waals surface area contributed by atoms with Crippen molar-refractivity contribution >= 4 is 0 Å². The van der Waals surface area contributed by atoms with E-state index in [-0.39, 0.29) is 0 Å². The molecule has 0 aliphatic rings. The van der Waals surface area contributed by atoms with Gasteiger partial charge in [-0.25, -0.2) is 9.97 Å². The van der Waals surface area contributed by atoms with E-state index in [0.717, 1.165) is 31.5 Å². The van der Waals surface area contributed by atoms with E-state index in [1.807, 2.05) is 0 Å². The highest BCUT2D eigenvalue weighted by Gasteiger charge is 2.06. The minimum Gasteiger partial charge on any atom is -0.238 e. The Morgan fingerprint density at radius 3 is 0.667 bits per heavy atom. The maximum atomic E-state index is 4.94. The lowest BCUT2D eigenvalue weighted by Gasteiger charge is -2.09. The van der Waals surface area contributed by atoms with Crippen molar-refractivity contribution in [2.24, 2.45) is 0 Å². The van der Waals surface area contributed by atoms with Crippen LogP contribution < -0.4 is 0 Å². The molecule has 1 rings (SSSR count). The fourth-order valence-electron chi connectivity index (χ4n) is 8.97. The fraction of sp³-hybridized carbons (Fsp3) is 0.909. The molecule has 2 heteroatoms. The minimum absolute atomic E-state index is 0.891. The maximum absolute atomic E-state index is 4.94. The van der Waals surface area contributed by atoms with Gasteiger partial charge in [0.05, 0.1) is 0 Å². The highest BCUT2D eigenvalue weighted by Crippen LogP contribution is 2.18. The van der Waals surface area contributed by atoms with E-state index < -0.39 is 0 Å². The summed E-state index contributed by atoms with van der Waals surface area (Å²) in [4.78, 5) is 9.87. The van der Waals surface area contributed by atoms with Gasteiger partial charge in [0.25, 0.3) is 0 Å². The van der Waals surface area contributed by atoms with Gasteiger partial charge in [-0.1, -0.05) is 290 Å². The van der Waals surface area contributed by atoms with Crippen molar-refractivity contribution in [1.82, 2.24) is 9.97 Å². The number of hydrogen-bond donors (Lipinski definition) is 0. The molecule has 1 radical (unpaired) electrons. The average molecular weight is 794 g/mol.